The van der Waals surface area contributed by atoms with E-state index in [0.717, 1.165) is 34.6 Å². The molecule has 0 spiro atoms. The summed E-state index contributed by atoms with van der Waals surface area (Å²) in [5.41, 5.74) is 3.58. The second kappa shape index (κ2) is 7.26. The number of rotatable bonds is 4. The molecule has 1 N–H and O–H groups in total. The van der Waals surface area contributed by atoms with Crippen molar-refractivity contribution < 1.29 is 4.79 Å². The number of carbonyl (C=O) groups excluding carboxylic acids is 1. The van der Waals surface area contributed by atoms with Crippen LogP contribution in [0.3, 0.4) is 0 Å². The first-order valence-electron chi connectivity index (χ1n) is 10.6. The Labute approximate surface area is 184 Å². The van der Waals surface area contributed by atoms with Crippen LogP contribution in [-0.2, 0) is 4.79 Å². The molecule has 32 heavy (non-hydrogen) atoms. The number of nitrogens with one attached hydrogen (secondary N) is 1. The number of fused-ring (bicyclic) bond motifs is 2. The van der Waals surface area contributed by atoms with Crippen molar-refractivity contribution in [2.75, 3.05) is 10.2 Å². The molecule has 2 aliphatic rings. The Morgan fingerprint density at radius 3 is 2.91 bits per heavy atom. The SMILES string of the molecule is Cc1ccc(NC(=O)[C@@H]2C[C@@H]3C=C[C@@H]3N2c2cccnn2)cc1-c1ncc2cccn2n1. The van der Waals surface area contributed by atoms with Crippen molar-refractivity contribution in [3.8, 4) is 11.4 Å². The number of hydrogen-bond donors (Lipinski definition) is 1. The van der Waals surface area contributed by atoms with Gasteiger partial charge in [-0.05, 0) is 55.3 Å². The van der Waals surface area contributed by atoms with Gasteiger partial charge in [0.2, 0.25) is 5.91 Å². The first kappa shape index (κ1) is 18.7. The molecule has 158 valence electrons. The third-order valence-electron chi connectivity index (χ3n) is 6.30. The lowest BCUT2D eigenvalue weighted by atomic mass is 9.89. The topological polar surface area (TPSA) is 88.3 Å². The normalized spacial score (nSPS) is 21.4. The van der Waals surface area contributed by atoms with Crippen LogP contribution >= 0.6 is 0 Å². The van der Waals surface area contributed by atoms with Gasteiger partial charge < -0.3 is 10.2 Å². The van der Waals surface area contributed by atoms with Gasteiger partial charge in [0.25, 0.3) is 0 Å². The summed E-state index contributed by atoms with van der Waals surface area (Å²) in [6.07, 6.45) is 10.4. The average Bonchev–Trinajstić information content (AvgIpc) is 3.37. The molecule has 3 atom stereocenters. The zero-order valence-corrected chi connectivity index (χ0v) is 17.5. The van der Waals surface area contributed by atoms with Crippen LogP contribution in [0.4, 0.5) is 11.5 Å². The minimum atomic E-state index is -0.311. The molecule has 6 rings (SSSR count). The third-order valence-corrected chi connectivity index (χ3v) is 6.30. The van der Waals surface area contributed by atoms with E-state index in [0.29, 0.717) is 11.7 Å². The molecule has 1 amide bonds. The number of carbonyl (C=O) groups is 1. The zero-order chi connectivity index (χ0) is 21.7. The van der Waals surface area contributed by atoms with Crippen LogP contribution in [0.2, 0.25) is 0 Å². The molecule has 8 heteroatoms. The first-order valence-corrected chi connectivity index (χ1v) is 10.6. The third kappa shape index (κ3) is 3.03. The average molecular weight is 423 g/mol. The molecule has 1 aromatic carbocycles. The smallest absolute Gasteiger partial charge is 0.247 e. The number of nitrogens with zero attached hydrogens (tertiary/aromatic N) is 6. The highest BCUT2D eigenvalue weighted by Gasteiger charge is 2.46. The molecule has 4 aromatic rings. The molecule has 1 fully saturated rings. The fourth-order valence-electron chi connectivity index (χ4n) is 4.56. The molecule has 8 nitrogen and oxygen atoms in total. The number of benzene rings is 1. The van der Waals surface area contributed by atoms with Crippen LogP contribution in [0.5, 0.6) is 0 Å². The number of aromatic nitrogens is 5. The summed E-state index contributed by atoms with van der Waals surface area (Å²) in [6, 6.07) is 13.4. The number of aryl methyl sites for hydroxylation is 1. The molecule has 0 unspecified atom stereocenters. The quantitative estimate of drug-likeness (QED) is 0.507. The lowest BCUT2D eigenvalue weighted by Gasteiger charge is -2.32. The van der Waals surface area contributed by atoms with Crippen molar-refractivity contribution in [1.29, 1.82) is 0 Å². The van der Waals surface area contributed by atoms with Crippen molar-refractivity contribution in [3.63, 3.8) is 0 Å². The summed E-state index contributed by atoms with van der Waals surface area (Å²) >= 11 is 0. The fraction of sp³-hybridized carbons (Fsp3) is 0.208. The first-order chi connectivity index (χ1) is 15.7. The lowest BCUT2D eigenvalue weighted by molar-refractivity contribution is -0.117. The number of amides is 1. The number of anilines is 2. The summed E-state index contributed by atoms with van der Waals surface area (Å²) in [5.74, 6) is 1.65. The van der Waals surface area contributed by atoms with Crippen molar-refractivity contribution in [3.05, 3.63) is 78.8 Å². The van der Waals surface area contributed by atoms with Crippen molar-refractivity contribution in [2.45, 2.75) is 25.4 Å². The van der Waals surface area contributed by atoms with Crippen molar-refractivity contribution in [1.82, 2.24) is 24.8 Å². The maximum Gasteiger partial charge on any atom is 0.247 e. The summed E-state index contributed by atoms with van der Waals surface area (Å²) in [4.78, 5) is 19.9. The van der Waals surface area contributed by atoms with Gasteiger partial charge in [-0.25, -0.2) is 9.50 Å². The van der Waals surface area contributed by atoms with Gasteiger partial charge >= 0.3 is 0 Å². The molecule has 0 radical (unpaired) electrons. The van der Waals surface area contributed by atoms with Gasteiger partial charge in [-0.3, -0.25) is 4.79 Å². The van der Waals surface area contributed by atoms with Gasteiger partial charge in [-0.1, -0.05) is 18.2 Å². The van der Waals surface area contributed by atoms with E-state index in [1.165, 1.54) is 0 Å². The highest BCUT2D eigenvalue weighted by molar-refractivity contribution is 5.98. The Morgan fingerprint density at radius 2 is 2.09 bits per heavy atom. The monoisotopic (exact) mass is 423 g/mol. The van der Waals surface area contributed by atoms with Crippen molar-refractivity contribution in [2.24, 2.45) is 5.92 Å². The van der Waals surface area contributed by atoms with Gasteiger partial charge in [-0.15, -0.1) is 10.2 Å². The summed E-state index contributed by atoms with van der Waals surface area (Å²) < 4.78 is 1.80. The second-order valence-corrected chi connectivity index (χ2v) is 8.26. The van der Waals surface area contributed by atoms with E-state index in [1.54, 1.807) is 16.9 Å². The minimum absolute atomic E-state index is 0.0524. The van der Waals surface area contributed by atoms with Gasteiger partial charge in [0.15, 0.2) is 11.6 Å². The Bertz CT molecular complexity index is 1350. The molecular formula is C24H21N7O. The molecule has 1 aliphatic carbocycles. The van der Waals surface area contributed by atoms with Gasteiger partial charge in [0, 0.05) is 29.6 Å². The van der Waals surface area contributed by atoms with Crippen LogP contribution in [0, 0.1) is 12.8 Å². The lowest BCUT2D eigenvalue weighted by Crippen LogP contribution is -2.45. The van der Waals surface area contributed by atoms with Crippen molar-refractivity contribution >= 4 is 22.9 Å². The van der Waals surface area contributed by atoms with E-state index >= 15 is 0 Å². The van der Waals surface area contributed by atoms with Crippen LogP contribution in [0.1, 0.15) is 12.0 Å². The molecule has 3 aromatic heterocycles. The Morgan fingerprint density at radius 1 is 1.16 bits per heavy atom. The predicted molar refractivity (Wildman–Crippen MR) is 121 cm³/mol. The van der Waals surface area contributed by atoms with Crippen LogP contribution < -0.4 is 10.2 Å². The van der Waals surface area contributed by atoms with Crippen LogP contribution in [0.15, 0.2) is 73.2 Å². The maximum atomic E-state index is 13.3. The number of hydrogen-bond acceptors (Lipinski definition) is 6. The predicted octanol–water partition coefficient (Wildman–Crippen LogP) is 3.27. The van der Waals surface area contributed by atoms with Gasteiger partial charge in [0.1, 0.15) is 6.04 Å². The Balaban J connectivity index is 1.28. The fourth-order valence-corrected chi connectivity index (χ4v) is 4.56. The van der Waals surface area contributed by atoms with E-state index in [4.69, 9.17) is 0 Å². The largest absolute Gasteiger partial charge is 0.336 e. The summed E-state index contributed by atoms with van der Waals surface area (Å²) in [6.45, 7) is 2.01. The molecular weight excluding hydrogens is 402 g/mol. The standard InChI is InChI=1S/C24H21N7O/c1-15-6-8-17(13-19(15)23-25-14-18-4-3-11-30(18)29-23)27-24(32)21-12-16-7-9-20(16)31(21)22-5-2-10-26-28-22/h2-11,13-14,16,20-21H,12H2,1H3,(H,27,32)/t16-,20-,21-/m0/s1. The highest BCUT2D eigenvalue weighted by Crippen LogP contribution is 2.40. The summed E-state index contributed by atoms with van der Waals surface area (Å²) in [5, 5.41) is 16.0. The van der Waals surface area contributed by atoms with E-state index in [-0.39, 0.29) is 18.0 Å². The van der Waals surface area contributed by atoms with Crippen LogP contribution in [-0.4, -0.2) is 42.8 Å². The molecule has 1 aliphatic heterocycles. The molecule has 0 bridgehead atoms. The molecule has 4 heterocycles. The van der Waals surface area contributed by atoms with E-state index in [9.17, 15) is 4.79 Å². The maximum absolute atomic E-state index is 13.3. The molecule has 1 saturated heterocycles. The van der Waals surface area contributed by atoms with E-state index in [2.05, 4.69) is 42.6 Å². The summed E-state index contributed by atoms with van der Waals surface area (Å²) in [7, 11) is 0. The minimum Gasteiger partial charge on any atom is -0.336 e. The van der Waals surface area contributed by atoms with Crippen LogP contribution in [0.25, 0.3) is 16.9 Å². The van der Waals surface area contributed by atoms with E-state index < -0.39 is 0 Å². The highest BCUT2D eigenvalue weighted by atomic mass is 16.2. The zero-order valence-electron chi connectivity index (χ0n) is 17.5. The van der Waals surface area contributed by atoms with Gasteiger partial charge in [-0.2, -0.15) is 5.10 Å². The Kier molecular flexibility index (Phi) is 4.24. The molecule has 0 saturated carbocycles. The Hall–Kier alpha value is -4.07. The van der Waals surface area contributed by atoms with E-state index in [1.807, 2.05) is 55.6 Å². The second-order valence-electron chi connectivity index (χ2n) is 8.26. The van der Waals surface area contributed by atoms with Gasteiger partial charge in [0.05, 0.1) is 17.8 Å².